The maximum Gasteiger partial charge on any atom is 0.408 e. The van der Waals surface area contributed by atoms with E-state index in [0.717, 1.165) is 23.6 Å². The molecule has 4 rings (SSSR count). The molecule has 0 atom stereocenters. The van der Waals surface area contributed by atoms with E-state index in [-0.39, 0.29) is 0 Å². The number of morpholine rings is 1. The zero-order valence-corrected chi connectivity index (χ0v) is 14.1. The van der Waals surface area contributed by atoms with Gasteiger partial charge in [-0.3, -0.25) is 9.08 Å². The molecule has 0 saturated carbocycles. The fraction of sp³-hybridized carbons (Fsp3) is 0.438. The Bertz CT molecular complexity index is 926. The fourth-order valence-electron chi connectivity index (χ4n) is 3.18. The average molecular weight is 366 g/mol. The summed E-state index contributed by atoms with van der Waals surface area (Å²) in [7, 11) is 0. The highest BCUT2D eigenvalue weighted by atomic mass is 19.4. The number of alkyl halides is 3. The van der Waals surface area contributed by atoms with Gasteiger partial charge in [0, 0.05) is 37.2 Å². The minimum Gasteiger partial charge on any atom is -0.378 e. The molecule has 0 aliphatic carbocycles. The summed E-state index contributed by atoms with van der Waals surface area (Å²) < 4.78 is 45.9. The van der Waals surface area contributed by atoms with E-state index in [2.05, 4.69) is 20.0 Å². The van der Waals surface area contributed by atoms with Crippen LogP contribution in [0.1, 0.15) is 5.69 Å². The number of hydrogen-bond donors (Lipinski definition) is 0. The second-order valence-corrected chi connectivity index (χ2v) is 6.13. The van der Waals surface area contributed by atoms with E-state index in [1.54, 1.807) is 12.4 Å². The van der Waals surface area contributed by atoms with Crippen molar-refractivity contribution in [2.75, 3.05) is 31.2 Å². The second kappa shape index (κ2) is 6.27. The highest BCUT2D eigenvalue weighted by Gasteiger charge is 2.29. The van der Waals surface area contributed by atoms with Crippen LogP contribution in [-0.2, 0) is 11.3 Å². The summed E-state index contributed by atoms with van der Waals surface area (Å²) >= 11 is 0. The van der Waals surface area contributed by atoms with Crippen molar-refractivity contribution in [3.8, 4) is 11.3 Å². The van der Waals surface area contributed by atoms with Crippen LogP contribution in [0, 0.1) is 6.92 Å². The number of nitrogens with zero attached hydrogens (tertiary/aromatic N) is 6. The first-order valence-corrected chi connectivity index (χ1v) is 8.18. The molecule has 0 bridgehead atoms. The molecule has 1 aliphatic heterocycles. The second-order valence-electron chi connectivity index (χ2n) is 6.13. The van der Waals surface area contributed by atoms with Crippen molar-refractivity contribution in [3.05, 3.63) is 30.5 Å². The largest absolute Gasteiger partial charge is 0.408 e. The van der Waals surface area contributed by atoms with Gasteiger partial charge in [0.1, 0.15) is 6.54 Å². The molecule has 1 aliphatic rings. The van der Waals surface area contributed by atoms with E-state index in [1.165, 1.54) is 12.4 Å². The van der Waals surface area contributed by atoms with Gasteiger partial charge < -0.3 is 9.64 Å². The van der Waals surface area contributed by atoms with E-state index >= 15 is 0 Å². The third kappa shape index (κ3) is 3.12. The van der Waals surface area contributed by atoms with Crippen LogP contribution in [0.3, 0.4) is 0 Å². The van der Waals surface area contributed by atoms with Crippen molar-refractivity contribution in [2.45, 2.75) is 19.6 Å². The van der Waals surface area contributed by atoms with E-state index in [0.29, 0.717) is 35.8 Å². The van der Waals surface area contributed by atoms with Crippen LogP contribution in [0.25, 0.3) is 16.9 Å². The maximum absolute atomic E-state index is 12.6. The predicted molar refractivity (Wildman–Crippen MR) is 88.0 cm³/mol. The number of rotatable bonds is 3. The molecule has 0 unspecified atom stereocenters. The van der Waals surface area contributed by atoms with Crippen LogP contribution in [0.4, 0.5) is 19.0 Å². The minimum atomic E-state index is -4.31. The van der Waals surface area contributed by atoms with Crippen molar-refractivity contribution in [1.29, 1.82) is 0 Å². The Morgan fingerprint density at radius 2 is 2.00 bits per heavy atom. The first-order valence-electron chi connectivity index (χ1n) is 8.18. The van der Waals surface area contributed by atoms with Gasteiger partial charge >= 0.3 is 6.18 Å². The molecule has 1 saturated heterocycles. The van der Waals surface area contributed by atoms with Gasteiger partial charge in [-0.1, -0.05) is 0 Å². The number of aromatic nitrogens is 5. The molecule has 1 fully saturated rings. The molecule has 138 valence electrons. The van der Waals surface area contributed by atoms with Crippen molar-refractivity contribution in [2.24, 2.45) is 0 Å². The van der Waals surface area contributed by atoms with Crippen LogP contribution in [0.5, 0.6) is 0 Å². The predicted octanol–water partition coefficient (Wildman–Crippen LogP) is 2.30. The number of aryl methyl sites for hydroxylation is 1. The number of imidazole rings is 1. The normalized spacial score (nSPS) is 15.8. The summed E-state index contributed by atoms with van der Waals surface area (Å²) in [5.41, 5.74) is 2.67. The molecular formula is C16H17F3N6O. The Balaban J connectivity index is 1.75. The lowest BCUT2D eigenvalue weighted by Gasteiger charge is -2.27. The minimum absolute atomic E-state index is 0.582. The standard InChI is InChI=1S/C16H17F3N6O/c1-11-13(12-8-21-24(9-12)10-16(17,18)19)25-3-2-20-14(15(25)22-11)23-4-6-26-7-5-23/h2-3,8-9H,4-7,10H2,1H3. The zero-order chi connectivity index (χ0) is 18.3. The van der Waals surface area contributed by atoms with Crippen LogP contribution < -0.4 is 4.90 Å². The number of ether oxygens (including phenoxy) is 1. The summed E-state index contributed by atoms with van der Waals surface area (Å²) in [5, 5.41) is 3.83. The fourth-order valence-corrected chi connectivity index (χ4v) is 3.18. The Morgan fingerprint density at radius 3 is 2.73 bits per heavy atom. The summed E-state index contributed by atoms with van der Waals surface area (Å²) in [6.45, 7) is 3.39. The van der Waals surface area contributed by atoms with Gasteiger partial charge in [0.15, 0.2) is 11.5 Å². The quantitative estimate of drug-likeness (QED) is 0.712. The molecule has 0 amide bonds. The highest BCUT2D eigenvalue weighted by molar-refractivity contribution is 5.73. The number of hydrogen-bond acceptors (Lipinski definition) is 5. The zero-order valence-electron chi connectivity index (χ0n) is 14.1. The first kappa shape index (κ1) is 16.8. The van der Waals surface area contributed by atoms with E-state index in [1.807, 2.05) is 11.3 Å². The number of anilines is 1. The van der Waals surface area contributed by atoms with Crippen molar-refractivity contribution < 1.29 is 17.9 Å². The molecule has 4 heterocycles. The summed E-state index contributed by atoms with van der Waals surface area (Å²) in [4.78, 5) is 11.2. The van der Waals surface area contributed by atoms with Crippen molar-refractivity contribution in [1.82, 2.24) is 24.1 Å². The van der Waals surface area contributed by atoms with Gasteiger partial charge in [0.2, 0.25) is 0 Å². The summed E-state index contributed by atoms with van der Waals surface area (Å²) in [5.74, 6) is 0.743. The highest BCUT2D eigenvalue weighted by Crippen LogP contribution is 2.29. The summed E-state index contributed by atoms with van der Waals surface area (Å²) in [6.07, 6.45) is 1.93. The summed E-state index contributed by atoms with van der Waals surface area (Å²) in [6, 6.07) is 0. The smallest absolute Gasteiger partial charge is 0.378 e. The van der Waals surface area contributed by atoms with Crippen LogP contribution in [-0.4, -0.2) is 56.6 Å². The van der Waals surface area contributed by atoms with Gasteiger partial charge in [0.05, 0.1) is 30.8 Å². The average Bonchev–Trinajstić information content (AvgIpc) is 3.16. The van der Waals surface area contributed by atoms with E-state index in [4.69, 9.17) is 4.74 Å². The first-order chi connectivity index (χ1) is 12.4. The van der Waals surface area contributed by atoms with Gasteiger partial charge in [-0.15, -0.1) is 0 Å². The van der Waals surface area contributed by atoms with Crippen LogP contribution in [0.15, 0.2) is 24.8 Å². The van der Waals surface area contributed by atoms with Gasteiger partial charge in [-0.2, -0.15) is 18.3 Å². The number of fused-ring (bicyclic) bond motifs is 1. The molecule has 3 aromatic rings. The molecule has 0 spiro atoms. The molecule has 0 N–H and O–H groups in total. The maximum atomic E-state index is 12.6. The van der Waals surface area contributed by atoms with Crippen molar-refractivity contribution >= 4 is 11.5 Å². The lowest BCUT2D eigenvalue weighted by molar-refractivity contribution is -0.142. The lowest BCUT2D eigenvalue weighted by Crippen LogP contribution is -2.37. The molecule has 0 aromatic carbocycles. The van der Waals surface area contributed by atoms with Gasteiger partial charge in [-0.25, -0.2) is 9.97 Å². The Hall–Kier alpha value is -2.62. The molecule has 26 heavy (non-hydrogen) atoms. The SMILES string of the molecule is Cc1nc2c(N3CCOCC3)nccn2c1-c1cnn(CC(F)(F)F)c1. The third-order valence-electron chi connectivity index (χ3n) is 4.26. The molecule has 0 radical (unpaired) electrons. The topological polar surface area (TPSA) is 60.5 Å². The third-order valence-corrected chi connectivity index (χ3v) is 4.26. The monoisotopic (exact) mass is 366 g/mol. The van der Waals surface area contributed by atoms with Gasteiger partial charge in [-0.05, 0) is 6.92 Å². The molecule has 3 aromatic heterocycles. The molecular weight excluding hydrogens is 349 g/mol. The van der Waals surface area contributed by atoms with Crippen LogP contribution in [0.2, 0.25) is 0 Å². The van der Waals surface area contributed by atoms with Gasteiger partial charge in [0.25, 0.3) is 0 Å². The van der Waals surface area contributed by atoms with Crippen LogP contribution >= 0.6 is 0 Å². The van der Waals surface area contributed by atoms with E-state index in [9.17, 15) is 13.2 Å². The Kier molecular flexibility index (Phi) is 4.06. The Labute approximate surface area is 147 Å². The number of halogens is 3. The lowest BCUT2D eigenvalue weighted by atomic mass is 10.2. The van der Waals surface area contributed by atoms with Crippen molar-refractivity contribution in [3.63, 3.8) is 0 Å². The molecule has 10 heteroatoms. The molecule has 7 nitrogen and oxygen atoms in total. The van der Waals surface area contributed by atoms with E-state index < -0.39 is 12.7 Å². The Morgan fingerprint density at radius 1 is 1.23 bits per heavy atom.